The smallest absolute Gasteiger partial charge is 0.288 e. The van der Waals surface area contributed by atoms with Gasteiger partial charge in [-0.3, -0.25) is 0 Å². The average Bonchev–Trinajstić information content (AvgIpc) is 2.95. The average molecular weight is 299 g/mol. The molecule has 2 aromatic rings. The number of rotatable bonds is 7. The zero-order chi connectivity index (χ0) is 14.4. The predicted octanol–water partition coefficient (Wildman–Crippen LogP) is 2.55. The molecule has 1 heterocycles. The molecule has 20 heavy (non-hydrogen) atoms. The summed E-state index contributed by atoms with van der Waals surface area (Å²) in [6.07, 6.45) is 3.31. The summed E-state index contributed by atoms with van der Waals surface area (Å²) in [5.74, 6) is -1.74. The number of hydrogen-bond donors (Lipinski definition) is 3. The molecule has 7 heteroatoms. The molecule has 1 aromatic carbocycles. The summed E-state index contributed by atoms with van der Waals surface area (Å²) in [7, 11) is 0. The summed E-state index contributed by atoms with van der Waals surface area (Å²) in [4.78, 5) is 7.55. The van der Waals surface area contributed by atoms with E-state index >= 15 is 0 Å². The zero-order valence-corrected chi connectivity index (χ0v) is 11.4. The van der Waals surface area contributed by atoms with E-state index in [4.69, 9.17) is 0 Å². The SMILES string of the molecule is OCC(NCc1ccc(SC(F)F)cc1)c1ncc[nH]1. The molecule has 0 aliphatic rings. The summed E-state index contributed by atoms with van der Waals surface area (Å²) in [6.45, 7) is 0.443. The van der Waals surface area contributed by atoms with Crippen LogP contribution in [0.4, 0.5) is 8.78 Å². The second-order valence-electron chi connectivity index (χ2n) is 4.11. The number of H-pyrrole nitrogens is 1. The molecule has 4 nitrogen and oxygen atoms in total. The first-order chi connectivity index (χ1) is 9.69. The van der Waals surface area contributed by atoms with Crippen LogP contribution >= 0.6 is 11.8 Å². The third kappa shape index (κ3) is 4.29. The number of thioether (sulfide) groups is 1. The lowest BCUT2D eigenvalue weighted by molar-refractivity contribution is 0.239. The summed E-state index contributed by atoms with van der Waals surface area (Å²) in [5, 5.41) is 12.5. The largest absolute Gasteiger partial charge is 0.394 e. The summed E-state index contributed by atoms with van der Waals surface area (Å²) < 4.78 is 24.4. The number of nitrogens with one attached hydrogen (secondary N) is 2. The molecular weight excluding hydrogens is 284 g/mol. The van der Waals surface area contributed by atoms with Crippen molar-refractivity contribution in [3.05, 3.63) is 48.0 Å². The van der Waals surface area contributed by atoms with Gasteiger partial charge in [-0.1, -0.05) is 23.9 Å². The number of halogens is 2. The Hall–Kier alpha value is -1.44. The van der Waals surface area contributed by atoms with Crippen LogP contribution in [-0.2, 0) is 6.54 Å². The quantitative estimate of drug-likeness (QED) is 0.688. The van der Waals surface area contributed by atoms with Gasteiger partial charge in [-0.05, 0) is 17.7 Å². The van der Waals surface area contributed by atoms with Gasteiger partial charge >= 0.3 is 0 Å². The van der Waals surface area contributed by atoms with Crippen molar-refractivity contribution in [2.75, 3.05) is 6.61 Å². The van der Waals surface area contributed by atoms with E-state index in [9.17, 15) is 13.9 Å². The molecule has 0 radical (unpaired) electrons. The molecule has 0 bridgehead atoms. The van der Waals surface area contributed by atoms with Crippen molar-refractivity contribution in [2.24, 2.45) is 0 Å². The minimum absolute atomic E-state index is 0.0766. The number of benzene rings is 1. The highest BCUT2D eigenvalue weighted by molar-refractivity contribution is 7.99. The molecule has 0 saturated carbocycles. The Bertz CT molecular complexity index is 505. The van der Waals surface area contributed by atoms with E-state index in [-0.39, 0.29) is 12.6 Å². The molecule has 1 unspecified atom stereocenters. The Kier molecular flexibility index (Phi) is 5.51. The molecule has 108 valence electrons. The van der Waals surface area contributed by atoms with Gasteiger partial charge in [0.25, 0.3) is 5.76 Å². The molecule has 1 aromatic heterocycles. The maximum absolute atomic E-state index is 12.2. The van der Waals surface area contributed by atoms with Crippen molar-refractivity contribution < 1.29 is 13.9 Å². The van der Waals surface area contributed by atoms with E-state index in [1.807, 2.05) is 0 Å². The van der Waals surface area contributed by atoms with Crippen LogP contribution in [0.1, 0.15) is 17.4 Å². The molecule has 0 spiro atoms. The van der Waals surface area contributed by atoms with Crippen molar-refractivity contribution in [3.8, 4) is 0 Å². The third-order valence-electron chi connectivity index (χ3n) is 2.73. The van der Waals surface area contributed by atoms with E-state index < -0.39 is 5.76 Å². The molecular formula is C13H15F2N3OS. The highest BCUT2D eigenvalue weighted by atomic mass is 32.2. The van der Waals surface area contributed by atoms with Crippen LogP contribution in [0, 0.1) is 0 Å². The first kappa shape index (κ1) is 15.0. The predicted molar refractivity (Wildman–Crippen MR) is 73.6 cm³/mol. The van der Waals surface area contributed by atoms with Crippen molar-refractivity contribution >= 4 is 11.8 Å². The standard InChI is InChI=1S/C13H15F2N3OS/c14-13(15)20-10-3-1-9(2-4-10)7-18-11(8-19)12-16-5-6-17-12/h1-6,11,13,18-19H,7-8H2,(H,16,17). The van der Waals surface area contributed by atoms with Gasteiger partial charge in [0.05, 0.1) is 12.6 Å². The molecule has 0 saturated heterocycles. The summed E-state index contributed by atoms with van der Waals surface area (Å²) >= 11 is 0.525. The minimum atomic E-state index is -2.41. The first-order valence-electron chi connectivity index (χ1n) is 6.06. The molecule has 0 fully saturated rings. The van der Waals surface area contributed by atoms with Crippen LogP contribution in [0.15, 0.2) is 41.6 Å². The minimum Gasteiger partial charge on any atom is -0.394 e. The molecule has 3 N–H and O–H groups in total. The van der Waals surface area contributed by atoms with E-state index in [0.717, 1.165) is 5.56 Å². The normalized spacial score (nSPS) is 12.8. The van der Waals surface area contributed by atoms with Crippen LogP contribution in [-0.4, -0.2) is 27.4 Å². The van der Waals surface area contributed by atoms with Gasteiger partial charge in [-0.25, -0.2) is 4.98 Å². The van der Waals surface area contributed by atoms with Crippen LogP contribution < -0.4 is 5.32 Å². The lowest BCUT2D eigenvalue weighted by atomic mass is 10.2. The fourth-order valence-corrected chi connectivity index (χ4v) is 2.24. The number of aliphatic hydroxyl groups is 1. The Labute approximate surface area is 119 Å². The van der Waals surface area contributed by atoms with Crippen molar-refractivity contribution in [1.82, 2.24) is 15.3 Å². The third-order valence-corrected chi connectivity index (χ3v) is 3.46. The summed E-state index contributed by atoms with van der Waals surface area (Å²) in [6, 6.07) is 6.62. The number of alkyl halides is 2. The van der Waals surface area contributed by atoms with Gasteiger partial charge < -0.3 is 15.4 Å². The zero-order valence-electron chi connectivity index (χ0n) is 10.6. The highest BCUT2D eigenvalue weighted by Crippen LogP contribution is 2.25. The Morgan fingerprint density at radius 3 is 2.60 bits per heavy atom. The second-order valence-corrected chi connectivity index (χ2v) is 5.18. The Morgan fingerprint density at radius 1 is 1.30 bits per heavy atom. The van der Waals surface area contributed by atoms with Crippen molar-refractivity contribution in [1.29, 1.82) is 0 Å². The fraction of sp³-hybridized carbons (Fsp3) is 0.308. The number of aliphatic hydroxyl groups excluding tert-OH is 1. The van der Waals surface area contributed by atoms with Gasteiger partial charge in [-0.15, -0.1) is 0 Å². The molecule has 2 rings (SSSR count). The van der Waals surface area contributed by atoms with Gasteiger partial charge in [-0.2, -0.15) is 8.78 Å². The topological polar surface area (TPSA) is 60.9 Å². The molecule has 0 aliphatic carbocycles. The van der Waals surface area contributed by atoms with Crippen LogP contribution in [0.3, 0.4) is 0 Å². The Morgan fingerprint density at radius 2 is 2.05 bits per heavy atom. The van der Waals surface area contributed by atoms with E-state index in [1.54, 1.807) is 36.7 Å². The van der Waals surface area contributed by atoms with Gasteiger partial charge in [0, 0.05) is 23.8 Å². The van der Waals surface area contributed by atoms with Crippen LogP contribution in [0.2, 0.25) is 0 Å². The van der Waals surface area contributed by atoms with E-state index in [0.29, 0.717) is 29.0 Å². The molecule has 0 amide bonds. The monoisotopic (exact) mass is 299 g/mol. The van der Waals surface area contributed by atoms with Gasteiger partial charge in [0.1, 0.15) is 5.82 Å². The van der Waals surface area contributed by atoms with Gasteiger partial charge in [0.15, 0.2) is 0 Å². The fourth-order valence-electron chi connectivity index (χ4n) is 1.75. The van der Waals surface area contributed by atoms with Gasteiger partial charge in [0.2, 0.25) is 0 Å². The van der Waals surface area contributed by atoms with Crippen molar-refractivity contribution in [2.45, 2.75) is 23.2 Å². The lowest BCUT2D eigenvalue weighted by Gasteiger charge is -2.14. The number of hydrogen-bond acceptors (Lipinski definition) is 4. The number of nitrogens with zero attached hydrogens (tertiary/aromatic N) is 1. The highest BCUT2D eigenvalue weighted by Gasteiger charge is 2.12. The molecule has 1 atom stereocenters. The van der Waals surface area contributed by atoms with E-state index in [1.165, 1.54) is 0 Å². The maximum atomic E-state index is 12.2. The van der Waals surface area contributed by atoms with Crippen molar-refractivity contribution in [3.63, 3.8) is 0 Å². The van der Waals surface area contributed by atoms with E-state index in [2.05, 4.69) is 15.3 Å². The number of aromatic amines is 1. The van der Waals surface area contributed by atoms with Crippen LogP contribution in [0.5, 0.6) is 0 Å². The molecule has 0 aliphatic heterocycles. The number of imidazole rings is 1. The second kappa shape index (κ2) is 7.37. The Balaban J connectivity index is 1.90. The maximum Gasteiger partial charge on any atom is 0.288 e. The first-order valence-corrected chi connectivity index (χ1v) is 6.94. The number of aromatic nitrogens is 2. The lowest BCUT2D eigenvalue weighted by Crippen LogP contribution is -2.25. The summed E-state index contributed by atoms with van der Waals surface area (Å²) in [5.41, 5.74) is 0.952. The van der Waals surface area contributed by atoms with Crippen LogP contribution in [0.25, 0.3) is 0 Å².